The van der Waals surface area contributed by atoms with Crippen LogP contribution in [-0.2, 0) is 4.79 Å². The molecule has 7 heteroatoms. The number of benzene rings is 2. The van der Waals surface area contributed by atoms with Gasteiger partial charge in [0.2, 0.25) is 5.91 Å². The van der Waals surface area contributed by atoms with E-state index in [0.717, 1.165) is 22.8 Å². The molecular weight excluding hydrogens is 372 g/mol. The maximum Gasteiger partial charge on any atom is 0.231 e. The van der Waals surface area contributed by atoms with Crippen LogP contribution in [0.3, 0.4) is 0 Å². The van der Waals surface area contributed by atoms with Crippen LogP contribution in [0.2, 0.25) is 0 Å². The highest BCUT2D eigenvalue weighted by molar-refractivity contribution is 7.99. The van der Waals surface area contributed by atoms with E-state index in [2.05, 4.69) is 27.4 Å². The van der Waals surface area contributed by atoms with Crippen LogP contribution in [0.4, 0.5) is 0 Å². The molecule has 3 aromatic rings. The highest BCUT2D eigenvalue weighted by Crippen LogP contribution is 2.23. The summed E-state index contributed by atoms with van der Waals surface area (Å²) in [4.78, 5) is 12.1. The number of amides is 1. The quantitative estimate of drug-likeness (QED) is 0.516. The minimum absolute atomic E-state index is 0.103. The van der Waals surface area contributed by atoms with E-state index in [1.54, 1.807) is 7.11 Å². The molecule has 0 aliphatic carbocycles. The van der Waals surface area contributed by atoms with Crippen molar-refractivity contribution in [2.24, 2.45) is 0 Å². The second kappa shape index (κ2) is 9.62. The Hall–Kier alpha value is -3.24. The lowest BCUT2D eigenvalue weighted by Gasteiger charge is -2.09. The van der Waals surface area contributed by atoms with Crippen LogP contribution in [0.15, 0.2) is 59.8 Å². The summed E-state index contributed by atoms with van der Waals surface area (Å²) in [6.45, 7) is 2.18. The zero-order valence-corrected chi connectivity index (χ0v) is 16.5. The number of carbonyl (C=O) groups excluding carboxylic acids is 1. The van der Waals surface area contributed by atoms with Crippen molar-refractivity contribution in [3.63, 3.8) is 0 Å². The normalized spacial score (nSPS) is 10.1. The molecule has 0 saturated carbocycles. The SMILES string of the molecule is COc1ccc(-n2c(C)nnc2SCC(=O)NCC#Cc2ccccc2)cc1. The smallest absolute Gasteiger partial charge is 0.231 e. The molecule has 6 nitrogen and oxygen atoms in total. The molecular formula is C21H20N4O2S. The fourth-order valence-electron chi connectivity index (χ4n) is 2.46. The van der Waals surface area contributed by atoms with Crippen LogP contribution in [0.5, 0.6) is 5.75 Å². The first-order valence-electron chi connectivity index (χ1n) is 8.67. The number of ether oxygens (including phenoxy) is 1. The van der Waals surface area contributed by atoms with Crippen LogP contribution in [0, 0.1) is 18.8 Å². The Morgan fingerprint density at radius 3 is 2.61 bits per heavy atom. The van der Waals surface area contributed by atoms with Crippen molar-refractivity contribution in [2.45, 2.75) is 12.1 Å². The summed E-state index contributed by atoms with van der Waals surface area (Å²) in [5.41, 5.74) is 1.84. The van der Waals surface area contributed by atoms with Crippen LogP contribution < -0.4 is 10.1 Å². The van der Waals surface area contributed by atoms with Crippen LogP contribution in [0.1, 0.15) is 11.4 Å². The highest BCUT2D eigenvalue weighted by atomic mass is 32.2. The van der Waals surface area contributed by atoms with Crippen molar-refractivity contribution in [1.82, 2.24) is 20.1 Å². The Morgan fingerprint density at radius 1 is 1.14 bits per heavy atom. The van der Waals surface area contributed by atoms with Crippen molar-refractivity contribution >= 4 is 17.7 Å². The summed E-state index contributed by atoms with van der Waals surface area (Å²) in [6, 6.07) is 17.3. The molecule has 28 heavy (non-hydrogen) atoms. The Morgan fingerprint density at radius 2 is 1.89 bits per heavy atom. The molecule has 3 rings (SSSR count). The van der Waals surface area contributed by atoms with Crippen LogP contribution >= 0.6 is 11.8 Å². The average molecular weight is 392 g/mol. The third-order valence-corrected chi connectivity index (χ3v) is 4.77. The topological polar surface area (TPSA) is 69.0 Å². The van der Waals surface area contributed by atoms with E-state index >= 15 is 0 Å². The van der Waals surface area contributed by atoms with Crippen molar-refractivity contribution in [3.8, 4) is 23.3 Å². The minimum atomic E-state index is -0.103. The summed E-state index contributed by atoms with van der Waals surface area (Å²) >= 11 is 1.33. The predicted molar refractivity (Wildman–Crippen MR) is 110 cm³/mol. The number of hydrogen-bond donors (Lipinski definition) is 1. The molecule has 0 saturated heterocycles. The first-order valence-corrected chi connectivity index (χ1v) is 9.66. The van der Waals surface area contributed by atoms with Gasteiger partial charge in [0.25, 0.3) is 0 Å². The second-order valence-corrected chi connectivity index (χ2v) is 6.74. The number of nitrogens with zero attached hydrogens (tertiary/aromatic N) is 3. The lowest BCUT2D eigenvalue weighted by atomic mass is 10.2. The van der Waals surface area contributed by atoms with Gasteiger partial charge in [-0.2, -0.15) is 0 Å². The zero-order valence-electron chi connectivity index (χ0n) is 15.7. The summed E-state index contributed by atoms with van der Waals surface area (Å²) in [6.07, 6.45) is 0. The molecule has 0 bridgehead atoms. The van der Waals surface area contributed by atoms with Gasteiger partial charge in [-0.15, -0.1) is 10.2 Å². The number of carbonyl (C=O) groups is 1. The van der Waals surface area contributed by atoms with Gasteiger partial charge in [0.1, 0.15) is 11.6 Å². The summed E-state index contributed by atoms with van der Waals surface area (Å²) in [5, 5.41) is 11.8. The van der Waals surface area contributed by atoms with E-state index in [0.29, 0.717) is 11.7 Å². The lowest BCUT2D eigenvalue weighted by Crippen LogP contribution is -2.25. The first kappa shape index (κ1) is 19.5. The molecule has 0 fully saturated rings. The molecule has 142 valence electrons. The molecule has 0 aliphatic rings. The van der Waals surface area contributed by atoms with Gasteiger partial charge >= 0.3 is 0 Å². The third kappa shape index (κ3) is 5.15. The summed E-state index contributed by atoms with van der Waals surface area (Å²) in [5.74, 6) is 7.62. The molecule has 0 radical (unpaired) electrons. The number of aryl methyl sites for hydroxylation is 1. The van der Waals surface area contributed by atoms with Crippen molar-refractivity contribution in [1.29, 1.82) is 0 Å². The predicted octanol–water partition coefficient (Wildman–Crippen LogP) is 2.84. The fourth-order valence-corrected chi connectivity index (χ4v) is 3.28. The van der Waals surface area contributed by atoms with E-state index < -0.39 is 0 Å². The highest BCUT2D eigenvalue weighted by Gasteiger charge is 2.13. The number of rotatable bonds is 6. The number of thioether (sulfide) groups is 1. The minimum Gasteiger partial charge on any atom is -0.497 e. The third-order valence-electron chi connectivity index (χ3n) is 3.84. The summed E-state index contributed by atoms with van der Waals surface area (Å²) < 4.78 is 7.10. The molecule has 1 aromatic heterocycles. The van der Waals surface area contributed by atoms with Gasteiger partial charge in [-0.1, -0.05) is 41.8 Å². The molecule has 0 spiro atoms. The van der Waals surface area contributed by atoms with Gasteiger partial charge in [0.05, 0.1) is 19.4 Å². The maximum atomic E-state index is 12.1. The van der Waals surface area contributed by atoms with E-state index in [1.165, 1.54) is 11.8 Å². The van der Waals surface area contributed by atoms with E-state index in [-0.39, 0.29) is 11.7 Å². The van der Waals surface area contributed by atoms with Crippen LogP contribution in [-0.4, -0.2) is 40.1 Å². The van der Waals surface area contributed by atoms with E-state index in [4.69, 9.17) is 4.74 Å². The Bertz CT molecular complexity index is 989. The van der Waals surface area contributed by atoms with Gasteiger partial charge in [-0.3, -0.25) is 9.36 Å². The summed E-state index contributed by atoms with van der Waals surface area (Å²) in [7, 11) is 1.63. The maximum absolute atomic E-state index is 12.1. The molecule has 1 heterocycles. The Labute approximate surface area is 168 Å². The Kier molecular flexibility index (Phi) is 6.71. The average Bonchev–Trinajstić information content (AvgIpc) is 3.11. The lowest BCUT2D eigenvalue weighted by molar-refractivity contribution is -0.118. The van der Waals surface area contributed by atoms with Gasteiger partial charge in [0, 0.05) is 11.3 Å². The van der Waals surface area contributed by atoms with Crippen molar-refractivity contribution < 1.29 is 9.53 Å². The van der Waals surface area contributed by atoms with Crippen LogP contribution in [0.25, 0.3) is 5.69 Å². The van der Waals surface area contributed by atoms with Gasteiger partial charge in [-0.25, -0.2) is 0 Å². The van der Waals surface area contributed by atoms with E-state index in [1.807, 2.05) is 66.1 Å². The molecule has 2 aromatic carbocycles. The monoisotopic (exact) mass is 392 g/mol. The van der Waals surface area contributed by atoms with Crippen molar-refractivity contribution in [3.05, 3.63) is 66.0 Å². The zero-order chi connectivity index (χ0) is 19.8. The molecule has 1 N–H and O–H groups in total. The first-order chi connectivity index (χ1) is 13.7. The van der Waals surface area contributed by atoms with Gasteiger partial charge in [-0.05, 0) is 43.3 Å². The fraction of sp³-hybridized carbons (Fsp3) is 0.190. The molecule has 0 atom stereocenters. The van der Waals surface area contributed by atoms with Gasteiger partial charge in [0.15, 0.2) is 5.16 Å². The number of nitrogens with one attached hydrogen (secondary N) is 1. The second-order valence-electron chi connectivity index (χ2n) is 5.80. The molecule has 0 unspecified atom stereocenters. The standard InChI is InChI=1S/C21H20N4O2S/c1-16-23-24-21(25(16)18-10-12-19(27-2)13-11-18)28-15-20(26)22-14-6-9-17-7-4-3-5-8-17/h3-5,7-8,10-13H,14-15H2,1-2H3,(H,22,26). The number of aromatic nitrogens is 3. The van der Waals surface area contributed by atoms with E-state index in [9.17, 15) is 4.79 Å². The number of methoxy groups -OCH3 is 1. The van der Waals surface area contributed by atoms with Gasteiger partial charge < -0.3 is 10.1 Å². The largest absolute Gasteiger partial charge is 0.497 e. The Balaban J connectivity index is 1.56. The number of hydrogen-bond acceptors (Lipinski definition) is 5. The molecule has 0 aliphatic heterocycles. The molecule has 1 amide bonds. The van der Waals surface area contributed by atoms with Crippen molar-refractivity contribution in [2.75, 3.05) is 19.4 Å².